The molecule has 1 aromatic carbocycles. The Bertz CT molecular complexity index is 892. The highest BCUT2D eigenvalue weighted by molar-refractivity contribution is 5.97. The van der Waals surface area contributed by atoms with E-state index in [-0.39, 0.29) is 11.8 Å². The largest absolute Gasteiger partial charge is 0.467 e. The maximum atomic E-state index is 12.8. The molecule has 1 saturated heterocycles. The van der Waals surface area contributed by atoms with Gasteiger partial charge in [-0.25, -0.2) is 4.79 Å². The molecule has 3 heterocycles. The van der Waals surface area contributed by atoms with Crippen LogP contribution in [0.3, 0.4) is 0 Å². The summed E-state index contributed by atoms with van der Waals surface area (Å²) >= 11 is 0. The van der Waals surface area contributed by atoms with E-state index >= 15 is 0 Å². The summed E-state index contributed by atoms with van der Waals surface area (Å²) in [5.41, 5.74) is 1.77. The van der Waals surface area contributed by atoms with Crippen molar-refractivity contribution in [3.8, 4) is 12.3 Å². The lowest BCUT2D eigenvalue weighted by Gasteiger charge is -2.39. The summed E-state index contributed by atoms with van der Waals surface area (Å²) in [6.07, 6.45) is 6.84. The minimum absolute atomic E-state index is 0.0531. The van der Waals surface area contributed by atoms with Gasteiger partial charge in [-0.15, -0.1) is 12.3 Å². The van der Waals surface area contributed by atoms with Gasteiger partial charge in [-0.2, -0.15) is 0 Å². The average Bonchev–Trinajstić information content (AvgIpc) is 3.12. The molecule has 1 amide bonds. The molecule has 5 heteroatoms. The highest BCUT2D eigenvalue weighted by atomic mass is 16.5. The second-order valence-electron chi connectivity index (χ2n) is 6.43. The number of amides is 1. The fourth-order valence-corrected chi connectivity index (χ4v) is 4.30. The average molecular weight is 322 g/mol. The number of carbonyl (C=O) groups is 2. The number of hydrogen-bond acceptors (Lipinski definition) is 3. The minimum atomic E-state index is -1.08. The minimum Gasteiger partial charge on any atom is -0.467 e. The van der Waals surface area contributed by atoms with Gasteiger partial charge in [0.1, 0.15) is 0 Å². The maximum Gasteiger partial charge on any atom is 0.338 e. The van der Waals surface area contributed by atoms with Crippen LogP contribution in [0.25, 0.3) is 10.9 Å². The van der Waals surface area contributed by atoms with Crippen molar-refractivity contribution >= 4 is 22.8 Å². The number of nitrogens with zero attached hydrogens (tertiary/aromatic N) is 1. The van der Waals surface area contributed by atoms with Crippen LogP contribution in [0.2, 0.25) is 0 Å². The Hall–Kier alpha value is -2.74. The van der Waals surface area contributed by atoms with Crippen LogP contribution in [-0.4, -0.2) is 35.4 Å². The molecule has 0 radical (unpaired) electrons. The van der Waals surface area contributed by atoms with Crippen molar-refractivity contribution in [2.24, 2.45) is 5.92 Å². The van der Waals surface area contributed by atoms with E-state index in [2.05, 4.69) is 10.9 Å². The number of carbonyl (C=O) groups excluding carboxylic acids is 2. The first kappa shape index (κ1) is 14.8. The standard InChI is InChI=1S/C19H18N2O3/c1-3-6-12-11-19(18(23)24-2)16-14(9-10-21(19)17(12)22)13-7-4-5-8-15(13)20-16/h1,4-5,7-8,12,20H,6,9-11H2,2H3/t12-,19+/m0/s1. The molecule has 0 saturated carbocycles. The first-order valence-electron chi connectivity index (χ1n) is 8.07. The van der Waals surface area contributed by atoms with Crippen LogP contribution in [-0.2, 0) is 26.3 Å². The van der Waals surface area contributed by atoms with Gasteiger partial charge in [0.25, 0.3) is 0 Å². The summed E-state index contributed by atoms with van der Waals surface area (Å²) in [5, 5.41) is 1.10. The predicted molar refractivity (Wildman–Crippen MR) is 89.0 cm³/mol. The van der Waals surface area contributed by atoms with Crippen molar-refractivity contribution in [2.75, 3.05) is 13.7 Å². The Morgan fingerprint density at radius 3 is 3.04 bits per heavy atom. The first-order chi connectivity index (χ1) is 11.6. The quantitative estimate of drug-likeness (QED) is 0.679. The number of para-hydroxylation sites is 1. The third-order valence-corrected chi connectivity index (χ3v) is 5.32. The lowest BCUT2D eigenvalue weighted by molar-refractivity contribution is -0.159. The van der Waals surface area contributed by atoms with Gasteiger partial charge in [-0.3, -0.25) is 4.79 Å². The van der Waals surface area contributed by atoms with Crippen LogP contribution < -0.4 is 0 Å². The Labute approximate surface area is 140 Å². The number of esters is 1. The predicted octanol–water partition coefficient (Wildman–Crippen LogP) is 1.96. The van der Waals surface area contributed by atoms with E-state index in [0.29, 0.717) is 25.8 Å². The van der Waals surface area contributed by atoms with Crippen molar-refractivity contribution in [1.29, 1.82) is 0 Å². The van der Waals surface area contributed by atoms with E-state index in [1.165, 1.54) is 7.11 Å². The second kappa shape index (κ2) is 5.13. The maximum absolute atomic E-state index is 12.8. The number of benzene rings is 1. The fraction of sp³-hybridized carbons (Fsp3) is 0.368. The zero-order chi connectivity index (χ0) is 16.9. The number of ether oxygens (including phenoxy) is 1. The van der Waals surface area contributed by atoms with E-state index in [4.69, 9.17) is 11.2 Å². The van der Waals surface area contributed by atoms with E-state index in [9.17, 15) is 9.59 Å². The molecule has 2 aliphatic heterocycles. The first-order valence-corrected chi connectivity index (χ1v) is 8.07. The number of aromatic amines is 1. The molecular formula is C19H18N2O3. The zero-order valence-electron chi connectivity index (χ0n) is 13.5. The number of hydrogen-bond donors (Lipinski definition) is 1. The number of terminal acetylenes is 1. The smallest absolute Gasteiger partial charge is 0.338 e. The molecule has 122 valence electrons. The third-order valence-electron chi connectivity index (χ3n) is 5.32. The molecule has 1 aromatic heterocycles. The van der Waals surface area contributed by atoms with Crippen LogP contribution in [0.15, 0.2) is 24.3 Å². The van der Waals surface area contributed by atoms with Crippen LogP contribution in [0.1, 0.15) is 24.1 Å². The van der Waals surface area contributed by atoms with Gasteiger partial charge >= 0.3 is 5.97 Å². The third kappa shape index (κ3) is 1.71. The van der Waals surface area contributed by atoms with E-state index in [0.717, 1.165) is 22.2 Å². The Balaban J connectivity index is 1.96. The van der Waals surface area contributed by atoms with Gasteiger partial charge in [-0.05, 0) is 24.5 Å². The molecule has 2 aromatic rings. The highest BCUT2D eigenvalue weighted by Gasteiger charge is 2.60. The van der Waals surface area contributed by atoms with Crippen molar-refractivity contribution in [1.82, 2.24) is 9.88 Å². The number of methoxy groups -OCH3 is 1. The van der Waals surface area contributed by atoms with Crippen LogP contribution in [0.5, 0.6) is 0 Å². The van der Waals surface area contributed by atoms with Crippen LogP contribution in [0, 0.1) is 18.3 Å². The monoisotopic (exact) mass is 322 g/mol. The number of aromatic nitrogens is 1. The summed E-state index contributed by atoms with van der Waals surface area (Å²) in [4.78, 5) is 30.7. The number of nitrogens with one attached hydrogen (secondary N) is 1. The lowest BCUT2D eigenvalue weighted by atomic mass is 9.82. The van der Waals surface area contributed by atoms with Gasteiger partial charge < -0.3 is 14.6 Å². The SMILES string of the molecule is C#CC[C@H]1C[C@]2(C(=O)OC)c3[nH]c4ccccc4c3CCN2C1=O. The normalized spacial score (nSPS) is 25.2. The number of fused-ring (bicyclic) bond motifs is 5. The van der Waals surface area contributed by atoms with Crippen molar-refractivity contribution in [3.63, 3.8) is 0 Å². The Kier molecular flexibility index (Phi) is 3.17. The molecular weight excluding hydrogens is 304 g/mol. The summed E-state index contributed by atoms with van der Waals surface area (Å²) in [6, 6.07) is 7.96. The van der Waals surface area contributed by atoms with E-state index < -0.39 is 11.5 Å². The molecule has 0 spiro atoms. The highest BCUT2D eigenvalue weighted by Crippen LogP contribution is 2.49. The summed E-state index contributed by atoms with van der Waals surface area (Å²) in [6.45, 7) is 0.504. The van der Waals surface area contributed by atoms with Gasteiger partial charge in [0.05, 0.1) is 18.7 Å². The second-order valence-corrected chi connectivity index (χ2v) is 6.43. The summed E-state index contributed by atoms with van der Waals surface area (Å²) in [7, 11) is 1.37. The van der Waals surface area contributed by atoms with E-state index in [1.807, 2.05) is 24.3 Å². The van der Waals surface area contributed by atoms with Crippen molar-refractivity contribution in [2.45, 2.75) is 24.8 Å². The molecule has 0 aliphatic carbocycles. The van der Waals surface area contributed by atoms with Gasteiger partial charge in [-0.1, -0.05) is 18.2 Å². The van der Waals surface area contributed by atoms with Crippen LogP contribution >= 0.6 is 0 Å². The Morgan fingerprint density at radius 2 is 2.29 bits per heavy atom. The number of H-pyrrole nitrogens is 1. The molecule has 4 rings (SSSR count). The van der Waals surface area contributed by atoms with Gasteiger partial charge in [0.2, 0.25) is 5.91 Å². The van der Waals surface area contributed by atoms with Crippen molar-refractivity contribution in [3.05, 3.63) is 35.5 Å². The summed E-state index contributed by atoms with van der Waals surface area (Å²) in [5.74, 6) is 1.77. The van der Waals surface area contributed by atoms with Crippen molar-refractivity contribution < 1.29 is 14.3 Å². The molecule has 24 heavy (non-hydrogen) atoms. The zero-order valence-corrected chi connectivity index (χ0v) is 13.5. The molecule has 0 unspecified atom stereocenters. The fourth-order valence-electron chi connectivity index (χ4n) is 4.30. The molecule has 5 nitrogen and oxygen atoms in total. The molecule has 2 atom stereocenters. The molecule has 0 bridgehead atoms. The molecule has 2 aliphatic rings. The van der Waals surface area contributed by atoms with Gasteiger partial charge in [0.15, 0.2) is 5.54 Å². The van der Waals surface area contributed by atoms with Crippen LogP contribution in [0.4, 0.5) is 0 Å². The Morgan fingerprint density at radius 1 is 1.50 bits per heavy atom. The number of rotatable bonds is 2. The molecule has 1 N–H and O–H groups in total. The topological polar surface area (TPSA) is 62.4 Å². The molecule has 1 fully saturated rings. The summed E-state index contributed by atoms with van der Waals surface area (Å²) < 4.78 is 5.12. The lowest BCUT2D eigenvalue weighted by Crippen LogP contribution is -2.53. The van der Waals surface area contributed by atoms with E-state index in [1.54, 1.807) is 4.90 Å². The van der Waals surface area contributed by atoms with Gasteiger partial charge in [0, 0.05) is 23.9 Å².